The first-order valence-electron chi connectivity index (χ1n) is 9.19. The Kier molecular flexibility index (Phi) is 4.77. The lowest BCUT2D eigenvalue weighted by Gasteiger charge is -2.28. The fourth-order valence-corrected chi connectivity index (χ4v) is 5.73. The van der Waals surface area contributed by atoms with Gasteiger partial charge in [-0.1, -0.05) is 42.5 Å². The molecule has 4 rings (SSSR count). The van der Waals surface area contributed by atoms with Crippen molar-refractivity contribution < 1.29 is 8.42 Å². The van der Waals surface area contributed by atoms with Gasteiger partial charge >= 0.3 is 0 Å². The number of nitriles is 1. The van der Waals surface area contributed by atoms with E-state index in [1.54, 1.807) is 4.31 Å². The van der Waals surface area contributed by atoms with Crippen LogP contribution in [0.4, 0.5) is 0 Å². The smallest absolute Gasteiger partial charge is 0.211 e. The second-order valence-electron chi connectivity index (χ2n) is 7.61. The summed E-state index contributed by atoms with van der Waals surface area (Å²) in [6.07, 6.45) is 1.32. The van der Waals surface area contributed by atoms with E-state index in [0.717, 1.165) is 25.2 Å². The molecule has 5 nitrogen and oxygen atoms in total. The molecule has 0 aliphatic carbocycles. The Labute approximate surface area is 160 Å². The van der Waals surface area contributed by atoms with Crippen LogP contribution in [-0.4, -0.2) is 43.5 Å². The lowest BCUT2D eigenvalue weighted by atomic mass is 9.90. The Bertz CT molecular complexity index is 951. The number of nitrogens with zero attached hydrogens (tertiary/aromatic N) is 3. The maximum atomic E-state index is 12.4. The Morgan fingerprint density at radius 1 is 1.04 bits per heavy atom. The molecule has 0 amide bonds. The van der Waals surface area contributed by atoms with E-state index in [0.29, 0.717) is 23.9 Å². The molecule has 0 spiro atoms. The molecule has 2 aliphatic rings. The van der Waals surface area contributed by atoms with Gasteiger partial charge in [-0.3, -0.25) is 4.90 Å². The number of benzene rings is 2. The molecule has 0 unspecified atom stereocenters. The van der Waals surface area contributed by atoms with E-state index in [2.05, 4.69) is 11.0 Å². The van der Waals surface area contributed by atoms with E-state index in [9.17, 15) is 8.42 Å². The highest BCUT2D eigenvalue weighted by Crippen LogP contribution is 2.46. The second-order valence-corrected chi connectivity index (χ2v) is 9.55. The number of sulfonamides is 1. The molecule has 2 aromatic carbocycles. The average Bonchev–Trinajstić information content (AvgIpc) is 3.20. The molecule has 0 saturated carbocycles. The van der Waals surface area contributed by atoms with Gasteiger partial charge in [0.25, 0.3) is 0 Å². The highest BCUT2D eigenvalue weighted by atomic mass is 32.2. The van der Waals surface area contributed by atoms with E-state index < -0.39 is 10.0 Å². The summed E-state index contributed by atoms with van der Waals surface area (Å²) in [5.41, 5.74) is 2.94. The van der Waals surface area contributed by atoms with E-state index in [1.165, 1.54) is 11.8 Å². The number of rotatable bonds is 4. The third kappa shape index (κ3) is 3.63. The lowest BCUT2D eigenvalue weighted by Crippen LogP contribution is -2.34. The van der Waals surface area contributed by atoms with Crippen LogP contribution in [0.15, 0.2) is 54.6 Å². The van der Waals surface area contributed by atoms with Crippen LogP contribution in [0.2, 0.25) is 0 Å². The summed E-state index contributed by atoms with van der Waals surface area (Å²) < 4.78 is 26.4. The zero-order chi connectivity index (χ0) is 19.0. The SMILES string of the molecule is CS(=O)(=O)N1C[C@H]2CN(Cc3ccc(C#N)cc3)C[C@H]2[C@@H]1c1ccccc1. The third-order valence-corrected chi connectivity index (χ3v) is 6.98. The normalized spacial score (nSPS) is 26.0. The molecule has 0 radical (unpaired) electrons. The molecule has 2 saturated heterocycles. The van der Waals surface area contributed by atoms with Crippen molar-refractivity contribution in [1.29, 1.82) is 5.26 Å². The minimum absolute atomic E-state index is 0.0860. The van der Waals surface area contributed by atoms with Crippen LogP contribution in [0.3, 0.4) is 0 Å². The van der Waals surface area contributed by atoms with Crippen LogP contribution < -0.4 is 0 Å². The molecular formula is C21H23N3O2S. The summed E-state index contributed by atoms with van der Waals surface area (Å²) in [7, 11) is -3.24. The minimum atomic E-state index is -3.24. The number of likely N-dealkylation sites (tertiary alicyclic amines) is 1. The zero-order valence-corrected chi connectivity index (χ0v) is 16.1. The molecule has 0 aromatic heterocycles. The van der Waals surface area contributed by atoms with Gasteiger partial charge in [-0.05, 0) is 35.1 Å². The van der Waals surface area contributed by atoms with Crippen molar-refractivity contribution in [2.75, 3.05) is 25.9 Å². The number of hydrogen-bond acceptors (Lipinski definition) is 4. The molecule has 6 heteroatoms. The Balaban J connectivity index is 1.54. The van der Waals surface area contributed by atoms with Crippen molar-refractivity contribution in [2.24, 2.45) is 11.8 Å². The Hall–Kier alpha value is -2.20. The van der Waals surface area contributed by atoms with Gasteiger partial charge in [0.2, 0.25) is 10.0 Å². The van der Waals surface area contributed by atoms with Crippen molar-refractivity contribution in [3.05, 3.63) is 71.3 Å². The molecule has 140 valence electrons. The van der Waals surface area contributed by atoms with Crippen molar-refractivity contribution in [1.82, 2.24) is 9.21 Å². The van der Waals surface area contributed by atoms with Crippen LogP contribution in [0, 0.1) is 23.2 Å². The Morgan fingerprint density at radius 3 is 2.37 bits per heavy atom. The summed E-state index contributed by atoms with van der Waals surface area (Å²) in [6.45, 7) is 3.21. The highest BCUT2D eigenvalue weighted by Gasteiger charge is 2.50. The second kappa shape index (κ2) is 7.08. The predicted molar refractivity (Wildman–Crippen MR) is 104 cm³/mol. The van der Waals surface area contributed by atoms with Gasteiger partial charge in [0, 0.05) is 26.2 Å². The molecule has 0 N–H and O–H groups in total. The van der Waals surface area contributed by atoms with Crippen LogP contribution in [0.5, 0.6) is 0 Å². The summed E-state index contributed by atoms with van der Waals surface area (Å²) in [6, 6.07) is 19.8. The van der Waals surface area contributed by atoms with Crippen molar-refractivity contribution >= 4 is 10.0 Å². The third-order valence-electron chi connectivity index (χ3n) is 5.75. The molecular weight excluding hydrogens is 358 g/mol. The molecule has 0 bridgehead atoms. The van der Waals surface area contributed by atoms with Crippen LogP contribution in [0.1, 0.15) is 22.7 Å². The highest BCUT2D eigenvalue weighted by molar-refractivity contribution is 7.88. The van der Waals surface area contributed by atoms with Gasteiger partial charge in [0.05, 0.1) is 23.9 Å². The van der Waals surface area contributed by atoms with E-state index in [-0.39, 0.29) is 6.04 Å². The van der Waals surface area contributed by atoms with Crippen molar-refractivity contribution in [3.63, 3.8) is 0 Å². The van der Waals surface area contributed by atoms with Gasteiger partial charge in [-0.25, -0.2) is 8.42 Å². The largest absolute Gasteiger partial charge is 0.298 e. The number of fused-ring (bicyclic) bond motifs is 1. The van der Waals surface area contributed by atoms with Gasteiger partial charge in [-0.2, -0.15) is 9.57 Å². The molecule has 2 heterocycles. The fourth-order valence-electron chi connectivity index (χ4n) is 4.58. The first-order chi connectivity index (χ1) is 13.0. The summed E-state index contributed by atoms with van der Waals surface area (Å²) in [4.78, 5) is 2.41. The minimum Gasteiger partial charge on any atom is -0.298 e. The maximum absolute atomic E-state index is 12.4. The molecule has 2 fully saturated rings. The van der Waals surface area contributed by atoms with Crippen molar-refractivity contribution in [2.45, 2.75) is 12.6 Å². The van der Waals surface area contributed by atoms with Crippen LogP contribution in [-0.2, 0) is 16.6 Å². The van der Waals surface area contributed by atoms with E-state index in [1.807, 2.05) is 54.6 Å². The van der Waals surface area contributed by atoms with Crippen LogP contribution in [0.25, 0.3) is 0 Å². The van der Waals surface area contributed by atoms with Gasteiger partial charge < -0.3 is 0 Å². The van der Waals surface area contributed by atoms with E-state index >= 15 is 0 Å². The van der Waals surface area contributed by atoms with E-state index in [4.69, 9.17) is 5.26 Å². The van der Waals surface area contributed by atoms with Crippen LogP contribution >= 0.6 is 0 Å². The van der Waals surface area contributed by atoms with Crippen molar-refractivity contribution in [3.8, 4) is 6.07 Å². The molecule has 3 atom stereocenters. The number of hydrogen-bond donors (Lipinski definition) is 0. The molecule has 2 aliphatic heterocycles. The zero-order valence-electron chi connectivity index (χ0n) is 15.3. The first-order valence-corrected chi connectivity index (χ1v) is 11.0. The first kappa shape index (κ1) is 18.2. The summed E-state index contributed by atoms with van der Waals surface area (Å²) in [5.74, 6) is 0.656. The predicted octanol–water partition coefficient (Wildman–Crippen LogP) is 2.62. The maximum Gasteiger partial charge on any atom is 0.211 e. The summed E-state index contributed by atoms with van der Waals surface area (Å²) >= 11 is 0. The fraction of sp³-hybridized carbons (Fsp3) is 0.381. The lowest BCUT2D eigenvalue weighted by molar-refractivity contribution is 0.261. The summed E-state index contributed by atoms with van der Waals surface area (Å²) in [5, 5.41) is 8.94. The van der Waals surface area contributed by atoms with Gasteiger partial charge in [0.1, 0.15) is 0 Å². The topological polar surface area (TPSA) is 64.4 Å². The Morgan fingerprint density at radius 2 is 1.74 bits per heavy atom. The average molecular weight is 382 g/mol. The van der Waals surface area contributed by atoms with Gasteiger partial charge in [-0.15, -0.1) is 0 Å². The molecule has 2 aromatic rings. The quantitative estimate of drug-likeness (QED) is 0.817. The van der Waals surface area contributed by atoms with Gasteiger partial charge in [0.15, 0.2) is 0 Å². The molecule has 27 heavy (non-hydrogen) atoms. The monoisotopic (exact) mass is 381 g/mol. The standard InChI is InChI=1S/C21H23N3O2S/c1-27(25,26)24-14-19-13-23(12-17-9-7-16(11-22)8-10-17)15-20(19)21(24)18-5-3-2-4-6-18/h2-10,19-21H,12-15H2,1H3/t19-,20-,21+/m1/s1.